The number of aromatic nitrogens is 3. The smallest absolute Gasteiger partial charge is 0.306 e. The summed E-state index contributed by atoms with van der Waals surface area (Å²) in [5.74, 6) is 0.275. The van der Waals surface area contributed by atoms with Crippen molar-refractivity contribution in [3.8, 4) is 11.4 Å². The average molecular weight is 386 g/mol. The van der Waals surface area contributed by atoms with Crippen LogP contribution in [-0.4, -0.2) is 26.4 Å². The number of nitrogens with one attached hydrogen (secondary N) is 1. The molecule has 0 saturated heterocycles. The highest BCUT2D eigenvalue weighted by Gasteiger charge is 2.30. The molecule has 0 amide bonds. The van der Waals surface area contributed by atoms with Crippen LogP contribution in [0, 0.1) is 0 Å². The lowest BCUT2D eigenvalue weighted by molar-refractivity contribution is -0.137. The van der Waals surface area contributed by atoms with E-state index in [0.29, 0.717) is 42.9 Å². The summed E-state index contributed by atoms with van der Waals surface area (Å²) >= 11 is 0. The van der Waals surface area contributed by atoms with Crippen LogP contribution in [0.2, 0.25) is 0 Å². The van der Waals surface area contributed by atoms with Gasteiger partial charge in [-0.1, -0.05) is 18.2 Å². The number of hydrogen-bond donors (Lipinski definition) is 1. The zero-order valence-electron chi connectivity index (χ0n) is 14.8. The van der Waals surface area contributed by atoms with Crippen molar-refractivity contribution in [2.24, 2.45) is 0 Å². The lowest BCUT2D eigenvalue weighted by atomic mass is 10.1. The molecule has 1 aliphatic heterocycles. The van der Waals surface area contributed by atoms with Gasteiger partial charge in [-0.05, 0) is 30.7 Å². The molecule has 1 N–H and O–H groups in total. The van der Waals surface area contributed by atoms with Crippen molar-refractivity contribution in [3.63, 3.8) is 0 Å². The van der Waals surface area contributed by atoms with E-state index in [1.165, 1.54) is 12.1 Å². The Morgan fingerprint density at radius 3 is 2.57 bits per heavy atom. The molecule has 0 spiro atoms. The Kier molecular flexibility index (Phi) is 4.72. The van der Waals surface area contributed by atoms with Gasteiger partial charge in [0.25, 0.3) is 5.56 Å². The molecule has 3 aromatic rings. The SMILES string of the molecule is O=c1[nH]c(-c2ccc(C(F)(F)F)cc2)nc2c1CCN(Cc1ccccn1)C2. The normalized spacial score (nSPS) is 14.7. The van der Waals surface area contributed by atoms with Crippen molar-refractivity contribution in [1.82, 2.24) is 19.9 Å². The molecule has 2 aromatic heterocycles. The second-order valence-electron chi connectivity index (χ2n) is 6.70. The van der Waals surface area contributed by atoms with Crippen LogP contribution in [0.3, 0.4) is 0 Å². The summed E-state index contributed by atoms with van der Waals surface area (Å²) in [7, 11) is 0. The van der Waals surface area contributed by atoms with E-state index < -0.39 is 11.7 Å². The summed E-state index contributed by atoms with van der Waals surface area (Å²) in [5, 5.41) is 0. The fraction of sp³-hybridized carbons (Fsp3) is 0.250. The molecular weight excluding hydrogens is 369 g/mol. The number of rotatable bonds is 3. The fourth-order valence-electron chi connectivity index (χ4n) is 3.30. The Labute approximate surface area is 158 Å². The lowest BCUT2D eigenvalue weighted by Gasteiger charge is -2.27. The van der Waals surface area contributed by atoms with Crippen molar-refractivity contribution < 1.29 is 13.2 Å². The van der Waals surface area contributed by atoms with E-state index in [1.54, 1.807) is 6.20 Å². The van der Waals surface area contributed by atoms with Gasteiger partial charge in [-0.25, -0.2) is 4.98 Å². The van der Waals surface area contributed by atoms with Gasteiger partial charge in [0.15, 0.2) is 0 Å². The van der Waals surface area contributed by atoms with Gasteiger partial charge in [-0.2, -0.15) is 13.2 Å². The Balaban J connectivity index is 1.60. The minimum Gasteiger partial charge on any atom is -0.306 e. The average Bonchev–Trinajstić information content (AvgIpc) is 2.68. The van der Waals surface area contributed by atoms with E-state index in [9.17, 15) is 18.0 Å². The Bertz CT molecular complexity index is 1030. The maximum atomic E-state index is 12.7. The number of benzene rings is 1. The number of aromatic amines is 1. The van der Waals surface area contributed by atoms with Gasteiger partial charge in [-0.15, -0.1) is 0 Å². The predicted molar refractivity (Wildman–Crippen MR) is 97.4 cm³/mol. The molecule has 4 rings (SSSR count). The first-order valence-corrected chi connectivity index (χ1v) is 8.82. The Morgan fingerprint density at radius 2 is 1.89 bits per heavy atom. The summed E-state index contributed by atoms with van der Waals surface area (Å²) in [5.41, 5.74) is 1.68. The predicted octanol–water partition coefficient (Wildman–Crippen LogP) is 3.41. The Morgan fingerprint density at radius 1 is 1.11 bits per heavy atom. The van der Waals surface area contributed by atoms with Gasteiger partial charge in [0.1, 0.15) is 5.82 Å². The zero-order chi connectivity index (χ0) is 19.7. The molecule has 0 fully saturated rings. The van der Waals surface area contributed by atoms with Crippen LogP contribution in [0.4, 0.5) is 13.2 Å². The van der Waals surface area contributed by atoms with E-state index in [-0.39, 0.29) is 11.4 Å². The third-order valence-electron chi connectivity index (χ3n) is 4.75. The van der Waals surface area contributed by atoms with E-state index in [1.807, 2.05) is 18.2 Å². The summed E-state index contributed by atoms with van der Waals surface area (Å²) in [6.45, 7) is 1.85. The van der Waals surface area contributed by atoms with Crippen molar-refractivity contribution >= 4 is 0 Å². The van der Waals surface area contributed by atoms with Gasteiger partial charge in [-0.3, -0.25) is 14.7 Å². The minimum atomic E-state index is -4.40. The largest absolute Gasteiger partial charge is 0.416 e. The number of nitrogens with zero attached hydrogens (tertiary/aromatic N) is 3. The van der Waals surface area contributed by atoms with Crippen molar-refractivity contribution in [2.45, 2.75) is 25.7 Å². The van der Waals surface area contributed by atoms with E-state index in [0.717, 1.165) is 17.8 Å². The molecule has 28 heavy (non-hydrogen) atoms. The van der Waals surface area contributed by atoms with Gasteiger partial charge >= 0.3 is 6.18 Å². The van der Waals surface area contributed by atoms with Crippen LogP contribution in [0.5, 0.6) is 0 Å². The molecule has 0 unspecified atom stereocenters. The van der Waals surface area contributed by atoms with Crippen LogP contribution in [0.25, 0.3) is 11.4 Å². The first-order valence-electron chi connectivity index (χ1n) is 8.82. The first kappa shape index (κ1) is 18.4. The number of alkyl halides is 3. The maximum Gasteiger partial charge on any atom is 0.416 e. The highest BCUT2D eigenvalue weighted by atomic mass is 19.4. The van der Waals surface area contributed by atoms with Crippen LogP contribution in [0.1, 0.15) is 22.5 Å². The van der Waals surface area contributed by atoms with E-state index in [4.69, 9.17) is 0 Å². The lowest BCUT2D eigenvalue weighted by Crippen LogP contribution is -2.35. The molecule has 0 saturated carbocycles. The standard InChI is InChI=1S/C20H17F3N4O/c21-20(22,23)14-6-4-13(5-7-14)18-25-17-12-27(10-8-16(17)19(28)26-18)11-15-3-1-2-9-24-15/h1-7,9H,8,10-12H2,(H,25,26,28). The summed E-state index contributed by atoms with van der Waals surface area (Å²) < 4.78 is 38.2. The van der Waals surface area contributed by atoms with Crippen molar-refractivity contribution in [2.75, 3.05) is 6.54 Å². The molecule has 1 aromatic carbocycles. The highest BCUT2D eigenvalue weighted by molar-refractivity contribution is 5.56. The third-order valence-corrected chi connectivity index (χ3v) is 4.75. The number of fused-ring (bicyclic) bond motifs is 1. The van der Waals surface area contributed by atoms with Gasteiger partial charge in [0.05, 0.1) is 17.0 Å². The number of halogens is 3. The van der Waals surface area contributed by atoms with E-state index in [2.05, 4.69) is 19.9 Å². The van der Waals surface area contributed by atoms with Gasteiger partial charge < -0.3 is 4.98 Å². The second-order valence-corrected chi connectivity index (χ2v) is 6.70. The van der Waals surface area contributed by atoms with Crippen LogP contribution in [-0.2, 0) is 25.7 Å². The maximum absolute atomic E-state index is 12.7. The molecular formula is C20H17F3N4O. The fourth-order valence-corrected chi connectivity index (χ4v) is 3.30. The minimum absolute atomic E-state index is 0.239. The van der Waals surface area contributed by atoms with Crippen LogP contribution >= 0.6 is 0 Å². The van der Waals surface area contributed by atoms with Crippen molar-refractivity contribution in [3.05, 3.63) is 81.5 Å². The third kappa shape index (κ3) is 3.82. The molecule has 1 aliphatic rings. The molecule has 0 aliphatic carbocycles. The topological polar surface area (TPSA) is 61.9 Å². The Hall–Kier alpha value is -3.00. The van der Waals surface area contributed by atoms with E-state index >= 15 is 0 Å². The summed E-state index contributed by atoms with van der Waals surface area (Å²) in [6, 6.07) is 10.3. The molecule has 0 atom stereocenters. The molecule has 8 heteroatoms. The van der Waals surface area contributed by atoms with Gasteiger partial charge in [0, 0.05) is 37.0 Å². The monoisotopic (exact) mass is 386 g/mol. The molecule has 0 bridgehead atoms. The highest BCUT2D eigenvalue weighted by Crippen LogP contribution is 2.30. The zero-order valence-corrected chi connectivity index (χ0v) is 14.8. The van der Waals surface area contributed by atoms with Crippen LogP contribution in [0.15, 0.2) is 53.5 Å². The van der Waals surface area contributed by atoms with Crippen molar-refractivity contribution in [1.29, 1.82) is 0 Å². The second kappa shape index (κ2) is 7.20. The molecule has 144 valence electrons. The van der Waals surface area contributed by atoms with Crippen LogP contribution < -0.4 is 5.56 Å². The summed E-state index contributed by atoms with van der Waals surface area (Å²) in [4.78, 5) is 26.1. The molecule has 3 heterocycles. The molecule has 0 radical (unpaired) electrons. The van der Waals surface area contributed by atoms with Gasteiger partial charge in [0.2, 0.25) is 0 Å². The first-order chi connectivity index (χ1) is 13.4. The quantitative estimate of drug-likeness (QED) is 0.749. The number of hydrogen-bond acceptors (Lipinski definition) is 4. The summed E-state index contributed by atoms with van der Waals surface area (Å²) in [6.07, 6.45) is -2.10. The number of pyridine rings is 1. The number of H-pyrrole nitrogens is 1. The molecule has 5 nitrogen and oxygen atoms in total.